The maximum absolute atomic E-state index is 12.3. The molecular weight excluding hydrogens is 358 g/mol. The molecule has 0 spiro atoms. The number of para-hydroxylation sites is 1. The molecule has 140 valence electrons. The summed E-state index contributed by atoms with van der Waals surface area (Å²) in [5, 5.41) is 15.3. The van der Waals surface area contributed by atoms with Crippen molar-refractivity contribution in [3.05, 3.63) is 59.7 Å². The minimum atomic E-state index is -0.0827. The van der Waals surface area contributed by atoms with E-state index in [1.807, 2.05) is 43.3 Å². The highest BCUT2D eigenvalue weighted by Gasteiger charge is 2.13. The molecule has 0 atom stereocenters. The summed E-state index contributed by atoms with van der Waals surface area (Å²) in [5.41, 5.74) is 4.08. The summed E-state index contributed by atoms with van der Waals surface area (Å²) in [5.74, 6) is 0.157. The summed E-state index contributed by atoms with van der Waals surface area (Å²) in [4.78, 5) is 12.3. The zero-order valence-corrected chi connectivity index (χ0v) is 16.4. The van der Waals surface area contributed by atoms with E-state index in [4.69, 9.17) is 0 Å². The number of amides is 1. The molecule has 0 bridgehead atoms. The number of carbonyl (C=O) groups excluding carboxylic acids is 1. The van der Waals surface area contributed by atoms with Gasteiger partial charge in [-0.2, -0.15) is 4.68 Å². The summed E-state index contributed by atoms with van der Waals surface area (Å²) in [7, 11) is 0. The van der Waals surface area contributed by atoms with Gasteiger partial charge >= 0.3 is 0 Å². The van der Waals surface area contributed by atoms with Gasteiger partial charge in [-0.3, -0.25) is 4.79 Å². The number of tetrazole rings is 1. The number of nitrogens with one attached hydrogen (secondary N) is 1. The van der Waals surface area contributed by atoms with Gasteiger partial charge in [0, 0.05) is 5.69 Å². The zero-order chi connectivity index (χ0) is 19.1. The molecule has 0 radical (unpaired) electrons. The fraction of sp³-hybridized carbons (Fsp3) is 0.300. The predicted octanol–water partition coefficient (Wildman–Crippen LogP) is 4.04. The van der Waals surface area contributed by atoms with E-state index < -0.39 is 0 Å². The molecule has 0 aliphatic rings. The van der Waals surface area contributed by atoms with Crippen LogP contribution in [0.2, 0.25) is 0 Å². The quantitative estimate of drug-likeness (QED) is 0.596. The molecule has 0 saturated heterocycles. The van der Waals surface area contributed by atoms with Crippen LogP contribution in [0.1, 0.15) is 30.9 Å². The van der Waals surface area contributed by atoms with E-state index in [9.17, 15) is 4.79 Å². The van der Waals surface area contributed by atoms with E-state index in [0.29, 0.717) is 5.16 Å². The molecule has 0 unspecified atom stereocenters. The second-order valence-corrected chi connectivity index (χ2v) is 7.24. The average Bonchev–Trinajstić information content (AvgIpc) is 3.14. The Morgan fingerprint density at radius 1 is 1.15 bits per heavy atom. The molecule has 0 fully saturated rings. The molecule has 3 aromatic rings. The number of anilines is 1. The number of rotatable bonds is 8. The molecule has 3 rings (SSSR count). The van der Waals surface area contributed by atoms with Crippen LogP contribution in [0, 0.1) is 6.92 Å². The van der Waals surface area contributed by atoms with Crippen LogP contribution in [-0.4, -0.2) is 31.9 Å². The van der Waals surface area contributed by atoms with Gasteiger partial charge in [-0.15, -0.1) is 5.10 Å². The third kappa shape index (κ3) is 5.17. The Morgan fingerprint density at radius 2 is 1.93 bits per heavy atom. The Balaban J connectivity index is 1.57. The van der Waals surface area contributed by atoms with Crippen molar-refractivity contribution in [1.29, 1.82) is 0 Å². The number of hydrogen-bond donors (Lipinski definition) is 1. The standard InChI is InChI=1S/C20H23N5OS/c1-3-4-8-16-10-12-17(13-11-16)21-19(26)14-27-20-22-23-24-25(20)18-9-6-5-7-15(18)2/h5-7,9-13H,3-4,8,14H2,1-2H3,(H,21,26). The van der Waals surface area contributed by atoms with Crippen molar-refractivity contribution < 1.29 is 4.79 Å². The molecule has 0 saturated carbocycles. The van der Waals surface area contributed by atoms with Gasteiger partial charge < -0.3 is 5.32 Å². The number of aromatic nitrogens is 4. The Hall–Kier alpha value is -2.67. The smallest absolute Gasteiger partial charge is 0.234 e. The van der Waals surface area contributed by atoms with Crippen LogP contribution in [0.25, 0.3) is 5.69 Å². The molecular formula is C20H23N5OS. The lowest BCUT2D eigenvalue weighted by Crippen LogP contribution is -2.14. The molecule has 1 heterocycles. The monoisotopic (exact) mass is 381 g/mol. The molecule has 0 aliphatic heterocycles. The van der Waals surface area contributed by atoms with Crippen LogP contribution in [0.4, 0.5) is 5.69 Å². The largest absolute Gasteiger partial charge is 0.325 e. The first-order valence-electron chi connectivity index (χ1n) is 9.03. The van der Waals surface area contributed by atoms with Crippen LogP contribution in [-0.2, 0) is 11.2 Å². The van der Waals surface area contributed by atoms with E-state index >= 15 is 0 Å². The molecule has 6 nitrogen and oxygen atoms in total. The number of carbonyl (C=O) groups is 1. The number of hydrogen-bond acceptors (Lipinski definition) is 5. The molecule has 0 aliphatic carbocycles. The van der Waals surface area contributed by atoms with Gasteiger partial charge in [0.05, 0.1) is 11.4 Å². The third-order valence-electron chi connectivity index (χ3n) is 4.17. The molecule has 7 heteroatoms. The van der Waals surface area contributed by atoms with Crippen LogP contribution in [0.3, 0.4) is 0 Å². The first-order valence-corrected chi connectivity index (χ1v) is 10.0. The fourth-order valence-electron chi connectivity index (χ4n) is 2.68. The Bertz CT molecular complexity index is 891. The second kappa shape index (κ2) is 9.32. The highest BCUT2D eigenvalue weighted by atomic mass is 32.2. The first-order chi connectivity index (χ1) is 13.2. The van der Waals surface area contributed by atoms with Gasteiger partial charge in [-0.25, -0.2) is 0 Å². The lowest BCUT2D eigenvalue weighted by atomic mass is 10.1. The van der Waals surface area contributed by atoms with Crippen molar-refractivity contribution in [2.75, 3.05) is 11.1 Å². The summed E-state index contributed by atoms with van der Waals surface area (Å²) < 4.78 is 1.66. The average molecular weight is 382 g/mol. The lowest BCUT2D eigenvalue weighted by molar-refractivity contribution is -0.113. The topological polar surface area (TPSA) is 72.7 Å². The van der Waals surface area contributed by atoms with E-state index in [-0.39, 0.29) is 11.7 Å². The van der Waals surface area contributed by atoms with Crippen LogP contribution in [0.15, 0.2) is 53.7 Å². The van der Waals surface area contributed by atoms with Gasteiger partial charge in [-0.05, 0) is 59.5 Å². The maximum Gasteiger partial charge on any atom is 0.234 e. The van der Waals surface area contributed by atoms with Gasteiger partial charge in [0.15, 0.2) is 0 Å². The summed E-state index contributed by atoms with van der Waals surface area (Å²) in [6.45, 7) is 4.18. The second-order valence-electron chi connectivity index (χ2n) is 6.30. The SMILES string of the molecule is CCCCc1ccc(NC(=O)CSc2nnnn2-c2ccccc2C)cc1. The fourth-order valence-corrected chi connectivity index (χ4v) is 3.37. The molecule has 27 heavy (non-hydrogen) atoms. The highest BCUT2D eigenvalue weighted by Crippen LogP contribution is 2.21. The number of nitrogens with zero attached hydrogens (tertiary/aromatic N) is 4. The summed E-state index contributed by atoms with van der Waals surface area (Å²) in [6, 6.07) is 15.9. The molecule has 1 amide bonds. The van der Waals surface area contributed by atoms with Gasteiger partial charge in [-0.1, -0.05) is 55.4 Å². The Kier molecular flexibility index (Phi) is 6.59. The Morgan fingerprint density at radius 3 is 2.67 bits per heavy atom. The van der Waals surface area contributed by atoms with Crippen molar-refractivity contribution in [2.24, 2.45) is 0 Å². The number of benzene rings is 2. The highest BCUT2D eigenvalue weighted by molar-refractivity contribution is 7.99. The van der Waals surface area contributed by atoms with Crippen molar-refractivity contribution in [3.8, 4) is 5.69 Å². The predicted molar refractivity (Wildman–Crippen MR) is 108 cm³/mol. The first kappa shape index (κ1) is 19.1. The van der Waals surface area contributed by atoms with Gasteiger partial charge in [0.25, 0.3) is 0 Å². The van der Waals surface area contributed by atoms with E-state index in [1.54, 1.807) is 4.68 Å². The van der Waals surface area contributed by atoms with Crippen LogP contribution < -0.4 is 5.32 Å². The van der Waals surface area contributed by atoms with Crippen molar-refractivity contribution in [1.82, 2.24) is 20.2 Å². The number of unbranched alkanes of at least 4 members (excludes halogenated alkanes) is 1. The van der Waals surface area contributed by atoms with E-state index in [1.165, 1.54) is 30.2 Å². The summed E-state index contributed by atoms with van der Waals surface area (Å²) >= 11 is 1.31. The normalized spacial score (nSPS) is 10.7. The zero-order valence-electron chi connectivity index (χ0n) is 15.6. The Labute approximate surface area is 163 Å². The van der Waals surface area contributed by atoms with Gasteiger partial charge in [0.2, 0.25) is 11.1 Å². The minimum absolute atomic E-state index is 0.0827. The van der Waals surface area contributed by atoms with Crippen molar-refractivity contribution in [2.45, 2.75) is 38.3 Å². The van der Waals surface area contributed by atoms with Crippen molar-refractivity contribution >= 4 is 23.4 Å². The molecule has 1 aromatic heterocycles. The number of aryl methyl sites for hydroxylation is 2. The molecule has 2 aromatic carbocycles. The van der Waals surface area contributed by atoms with Crippen molar-refractivity contribution in [3.63, 3.8) is 0 Å². The minimum Gasteiger partial charge on any atom is -0.325 e. The van der Waals surface area contributed by atoms with Crippen LogP contribution >= 0.6 is 11.8 Å². The maximum atomic E-state index is 12.3. The molecule has 1 N–H and O–H groups in total. The lowest BCUT2D eigenvalue weighted by Gasteiger charge is -2.08. The third-order valence-corrected chi connectivity index (χ3v) is 5.09. The van der Waals surface area contributed by atoms with E-state index in [0.717, 1.165) is 23.4 Å². The van der Waals surface area contributed by atoms with E-state index in [2.05, 4.69) is 39.9 Å². The van der Waals surface area contributed by atoms with Gasteiger partial charge in [0.1, 0.15) is 0 Å². The summed E-state index contributed by atoms with van der Waals surface area (Å²) in [6.07, 6.45) is 3.43. The van der Waals surface area contributed by atoms with Crippen LogP contribution in [0.5, 0.6) is 0 Å². The number of thioether (sulfide) groups is 1.